The number of hydrogen-bond donors (Lipinski definition) is 0. The molecular weight excluding hydrogens is 507 g/mol. The summed E-state index contributed by atoms with van der Waals surface area (Å²) in [6.45, 7) is 0.581. The summed E-state index contributed by atoms with van der Waals surface area (Å²) in [6.07, 6.45) is 3.95. The van der Waals surface area contributed by atoms with Crippen molar-refractivity contribution in [2.75, 3.05) is 12.0 Å². The Morgan fingerprint density at radius 1 is 1.06 bits per heavy atom. The summed E-state index contributed by atoms with van der Waals surface area (Å²) in [6, 6.07) is 20.9. The number of benzene rings is 3. The van der Waals surface area contributed by atoms with Gasteiger partial charge in [0.2, 0.25) is 0 Å². The van der Waals surface area contributed by atoms with Crippen molar-refractivity contribution < 1.29 is 9.53 Å². The second-order valence-electron chi connectivity index (χ2n) is 7.68. The normalized spacial score (nSPS) is 15.0. The number of nitrogens with zero attached hydrogens (tertiary/aromatic N) is 2. The van der Waals surface area contributed by atoms with Crippen LogP contribution >= 0.6 is 47.2 Å². The van der Waals surface area contributed by atoms with Gasteiger partial charge in [-0.15, -0.1) is 0 Å². The Balaban J connectivity index is 1.50. The van der Waals surface area contributed by atoms with Gasteiger partial charge in [0.1, 0.15) is 5.75 Å². The minimum Gasteiger partial charge on any atom is -0.497 e. The van der Waals surface area contributed by atoms with E-state index in [1.807, 2.05) is 66.9 Å². The van der Waals surface area contributed by atoms with E-state index in [1.165, 1.54) is 11.8 Å². The summed E-state index contributed by atoms with van der Waals surface area (Å²) in [5.74, 6) is 0.580. The van der Waals surface area contributed by atoms with Crippen molar-refractivity contribution >= 4 is 80.1 Å². The van der Waals surface area contributed by atoms with Gasteiger partial charge < -0.3 is 9.30 Å². The Hall–Kier alpha value is -2.77. The van der Waals surface area contributed by atoms with Crippen molar-refractivity contribution in [2.24, 2.45) is 0 Å². The van der Waals surface area contributed by atoms with Crippen LogP contribution in [0, 0.1) is 0 Å². The van der Waals surface area contributed by atoms with Gasteiger partial charge in [-0.05, 0) is 54.1 Å². The SMILES string of the molecule is COc1ccc(N2C(=O)C(=Cc3cn(Cc4ccc(Cl)cc4Cl)c4ccccc34)SC2=S)cc1. The van der Waals surface area contributed by atoms with Crippen molar-refractivity contribution in [1.82, 2.24) is 4.57 Å². The zero-order valence-corrected chi connectivity index (χ0v) is 21.1. The molecule has 0 saturated carbocycles. The molecule has 4 aromatic rings. The topological polar surface area (TPSA) is 34.5 Å². The molecule has 4 nitrogen and oxygen atoms in total. The number of para-hydroxylation sites is 1. The molecule has 0 unspecified atom stereocenters. The third kappa shape index (κ3) is 4.34. The molecule has 34 heavy (non-hydrogen) atoms. The lowest BCUT2D eigenvalue weighted by Gasteiger charge is -2.14. The average Bonchev–Trinajstić information content (AvgIpc) is 3.32. The predicted octanol–water partition coefficient (Wildman–Crippen LogP) is 7.41. The molecule has 1 aliphatic heterocycles. The standard InChI is InChI=1S/C26H18Cl2N2O2S2/c1-32-20-10-8-19(9-11-20)30-25(31)24(34-26(30)33)12-17-15-29(23-5-3-2-4-21(17)23)14-16-6-7-18(27)13-22(16)28/h2-13,15H,14H2,1H3. The van der Waals surface area contributed by atoms with E-state index >= 15 is 0 Å². The van der Waals surface area contributed by atoms with E-state index in [-0.39, 0.29) is 5.91 Å². The number of fused-ring (bicyclic) bond motifs is 1. The fourth-order valence-electron chi connectivity index (χ4n) is 3.92. The van der Waals surface area contributed by atoms with Gasteiger partial charge in [0.15, 0.2) is 4.32 Å². The van der Waals surface area contributed by atoms with E-state index in [9.17, 15) is 4.79 Å². The molecule has 170 valence electrons. The number of anilines is 1. The molecular formula is C26H18Cl2N2O2S2. The van der Waals surface area contributed by atoms with E-state index in [0.717, 1.165) is 27.8 Å². The van der Waals surface area contributed by atoms with Crippen molar-refractivity contribution in [3.63, 3.8) is 0 Å². The quantitative estimate of drug-likeness (QED) is 0.201. The second kappa shape index (κ2) is 9.47. The van der Waals surface area contributed by atoms with Gasteiger partial charge in [0.05, 0.1) is 17.7 Å². The highest BCUT2D eigenvalue weighted by molar-refractivity contribution is 8.27. The Bertz CT molecular complexity index is 1460. The van der Waals surface area contributed by atoms with Gasteiger partial charge in [0, 0.05) is 39.3 Å². The largest absolute Gasteiger partial charge is 0.497 e. The lowest BCUT2D eigenvalue weighted by molar-refractivity contribution is -0.113. The van der Waals surface area contributed by atoms with Crippen LogP contribution < -0.4 is 9.64 Å². The van der Waals surface area contributed by atoms with E-state index < -0.39 is 0 Å². The minimum atomic E-state index is -0.141. The molecule has 0 N–H and O–H groups in total. The first-order chi connectivity index (χ1) is 16.4. The third-order valence-corrected chi connectivity index (χ3v) is 7.48. The van der Waals surface area contributed by atoms with Gasteiger partial charge in [0.25, 0.3) is 5.91 Å². The summed E-state index contributed by atoms with van der Waals surface area (Å²) in [5, 5.41) is 2.26. The molecule has 5 rings (SSSR count). The molecule has 1 aliphatic rings. The maximum atomic E-state index is 13.3. The van der Waals surface area contributed by atoms with Crippen LogP contribution in [0.3, 0.4) is 0 Å². The molecule has 3 aromatic carbocycles. The zero-order valence-electron chi connectivity index (χ0n) is 18.0. The van der Waals surface area contributed by atoms with Gasteiger partial charge >= 0.3 is 0 Å². The number of amides is 1. The van der Waals surface area contributed by atoms with Crippen LogP contribution in [-0.2, 0) is 11.3 Å². The Morgan fingerprint density at radius 2 is 1.82 bits per heavy atom. The summed E-state index contributed by atoms with van der Waals surface area (Å²) in [5.41, 5.74) is 3.66. The van der Waals surface area contributed by atoms with E-state index in [4.69, 9.17) is 40.2 Å². The number of rotatable bonds is 5. The fraction of sp³-hybridized carbons (Fsp3) is 0.0769. The number of hydrogen-bond acceptors (Lipinski definition) is 4. The van der Waals surface area contributed by atoms with E-state index in [1.54, 1.807) is 18.1 Å². The van der Waals surface area contributed by atoms with Gasteiger partial charge in [-0.3, -0.25) is 9.69 Å². The van der Waals surface area contributed by atoms with E-state index in [0.29, 0.717) is 31.5 Å². The summed E-state index contributed by atoms with van der Waals surface area (Å²) < 4.78 is 7.84. The highest BCUT2D eigenvalue weighted by Crippen LogP contribution is 2.38. The molecule has 0 spiro atoms. The second-order valence-corrected chi connectivity index (χ2v) is 10.2. The maximum absolute atomic E-state index is 13.3. The average molecular weight is 525 g/mol. The molecule has 2 heterocycles. The number of carbonyl (C=O) groups is 1. The van der Waals surface area contributed by atoms with Crippen molar-refractivity contribution in [1.29, 1.82) is 0 Å². The van der Waals surface area contributed by atoms with Crippen LogP contribution in [0.2, 0.25) is 10.0 Å². The predicted molar refractivity (Wildman–Crippen MR) is 146 cm³/mol. The number of aromatic nitrogens is 1. The summed E-state index contributed by atoms with van der Waals surface area (Å²) in [7, 11) is 1.61. The fourth-order valence-corrected chi connectivity index (χ4v) is 5.68. The highest BCUT2D eigenvalue weighted by Gasteiger charge is 2.33. The van der Waals surface area contributed by atoms with Crippen molar-refractivity contribution in [2.45, 2.75) is 6.54 Å². The highest BCUT2D eigenvalue weighted by atomic mass is 35.5. The van der Waals surface area contributed by atoms with Crippen molar-refractivity contribution in [3.05, 3.63) is 99.0 Å². The van der Waals surface area contributed by atoms with Crippen molar-refractivity contribution in [3.8, 4) is 5.75 Å². The zero-order chi connectivity index (χ0) is 23.8. The van der Waals surface area contributed by atoms with Crippen LogP contribution in [0.15, 0.2) is 77.8 Å². The van der Waals surface area contributed by atoms with Crippen LogP contribution in [0.4, 0.5) is 5.69 Å². The minimum absolute atomic E-state index is 0.141. The molecule has 1 saturated heterocycles. The lowest BCUT2D eigenvalue weighted by Crippen LogP contribution is -2.27. The van der Waals surface area contributed by atoms with Crippen LogP contribution in [0.25, 0.3) is 17.0 Å². The molecule has 0 bridgehead atoms. The molecule has 1 fully saturated rings. The van der Waals surface area contributed by atoms with Gasteiger partial charge in [-0.1, -0.05) is 71.4 Å². The number of thiocarbonyl (C=S) groups is 1. The monoisotopic (exact) mass is 524 g/mol. The van der Waals surface area contributed by atoms with Gasteiger partial charge in [-0.25, -0.2) is 0 Å². The number of ether oxygens (including phenoxy) is 1. The molecule has 0 radical (unpaired) electrons. The summed E-state index contributed by atoms with van der Waals surface area (Å²) in [4.78, 5) is 15.4. The van der Waals surface area contributed by atoms with Crippen LogP contribution in [0.1, 0.15) is 11.1 Å². The molecule has 1 aromatic heterocycles. The third-order valence-electron chi connectivity index (χ3n) is 5.59. The maximum Gasteiger partial charge on any atom is 0.270 e. The number of methoxy groups -OCH3 is 1. The number of carbonyl (C=O) groups excluding carboxylic acids is 1. The summed E-state index contributed by atoms with van der Waals surface area (Å²) >= 11 is 19.3. The molecule has 1 amide bonds. The Kier molecular flexibility index (Phi) is 6.40. The van der Waals surface area contributed by atoms with E-state index in [2.05, 4.69) is 10.6 Å². The lowest BCUT2D eigenvalue weighted by atomic mass is 10.1. The van der Waals surface area contributed by atoms with Crippen LogP contribution in [-0.4, -0.2) is 21.9 Å². The first kappa shape index (κ1) is 23.0. The molecule has 8 heteroatoms. The smallest absolute Gasteiger partial charge is 0.270 e. The number of halogens is 2. The Labute approximate surface area is 216 Å². The molecule has 0 aliphatic carbocycles. The Morgan fingerprint density at radius 3 is 2.56 bits per heavy atom. The van der Waals surface area contributed by atoms with Gasteiger partial charge in [-0.2, -0.15) is 0 Å². The molecule has 0 atom stereocenters. The first-order valence-electron chi connectivity index (χ1n) is 10.4. The van der Waals surface area contributed by atoms with Crippen LogP contribution in [0.5, 0.6) is 5.75 Å². The number of thioether (sulfide) groups is 1. The first-order valence-corrected chi connectivity index (χ1v) is 12.4.